The van der Waals surface area contributed by atoms with E-state index in [1.807, 2.05) is 11.8 Å². The smallest absolute Gasteiger partial charge is 0.150 e. The van der Waals surface area contributed by atoms with E-state index in [1.54, 1.807) is 6.07 Å². The van der Waals surface area contributed by atoms with Gasteiger partial charge in [-0.05, 0) is 36.5 Å². The van der Waals surface area contributed by atoms with Crippen LogP contribution in [0.3, 0.4) is 0 Å². The summed E-state index contributed by atoms with van der Waals surface area (Å²) in [5.41, 5.74) is 0.246. The highest BCUT2D eigenvalue weighted by atomic mass is 32.2. The number of ether oxygens (including phenoxy) is 2. The maximum Gasteiger partial charge on any atom is 0.150 e. The molecule has 1 spiro atoms. The zero-order chi connectivity index (χ0) is 14.7. The zero-order valence-electron chi connectivity index (χ0n) is 11.8. The largest absolute Gasteiger partial charge is 0.490 e. The van der Waals surface area contributed by atoms with Crippen LogP contribution in [0.1, 0.15) is 36.0 Å². The summed E-state index contributed by atoms with van der Waals surface area (Å²) in [5.74, 6) is 2.25. The van der Waals surface area contributed by atoms with Gasteiger partial charge in [-0.3, -0.25) is 4.79 Å². The molecule has 2 aliphatic heterocycles. The Kier molecular flexibility index (Phi) is 4.50. The van der Waals surface area contributed by atoms with Crippen molar-refractivity contribution >= 4 is 18.0 Å². The molecule has 3 rings (SSSR count). The number of rotatable bonds is 3. The van der Waals surface area contributed by atoms with E-state index >= 15 is 0 Å². The van der Waals surface area contributed by atoms with Crippen molar-refractivity contribution in [1.82, 2.24) is 0 Å². The van der Waals surface area contributed by atoms with Crippen LogP contribution >= 0.6 is 11.8 Å². The Bertz CT molecular complexity index is 509. The van der Waals surface area contributed by atoms with Gasteiger partial charge in [-0.15, -0.1) is 0 Å². The molecular formula is C16H19FO3S. The Labute approximate surface area is 128 Å². The van der Waals surface area contributed by atoms with Gasteiger partial charge in [0, 0.05) is 24.5 Å². The minimum atomic E-state index is -0.439. The molecule has 1 aromatic rings. The first-order chi connectivity index (χ1) is 10.2. The minimum Gasteiger partial charge on any atom is -0.490 e. The van der Waals surface area contributed by atoms with Gasteiger partial charge in [0.15, 0.2) is 0 Å². The van der Waals surface area contributed by atoms with Gasteiger partial charge < -0.3 is 9.47 Å². The molecule has 21 heavy (non-hydrogen) atoms. The first kappa shape index (κ1) is 14.9. The predicted octanol–water partition coefficient (Wildman–Crippen LogP) is 3.46. The quantitative estimate of drug-likeness (QED) is 0.801. The molecule has 0 aliphatic carbocycles. The summed E-state index contributed by atoms with van der Waals surface area (Å²) in [6.07, 6.45) is 4.44. The number of hydrogen-bond donors (Lipinski definition) is 0. The summed E-state index contributed by atoms with van der Waals surface area (Å²) >= 11 is 1.97. The number of halogens is 1. The van der Waals surface area contributed by atoms with Gasteiger partial charge in [-0.1, -0.05) is 0 Å². The standard InChI is InChI=1S/C16H19FO3S/c17-13-7-12(11-18)8-15(9-13)20-14-1-4-19-16(10-14)2-5-21-6-3-16/h7-9,11,14H,1-6,10H2. The summed E-state index contributed by atoms with van der Waals surface area (Å²) in [4.78, 5) is 10.8. The number of aldehydes is 1. The molecule has 0 amide bonds. The van der Waals surface area contributed by atoms with E-state index in [1.165, 1.54) is 12.1 Å². The fourth-order valence-electron chi connectivity index (χ4n) is 3.09. The van der Waals surface area contributed by atoms with Crippen molar-refractivity contribution in [2.45, 2.75) is 37.4 Å². The number of carbonyl (C=O) groups is 1. The molecule has 1 unspecified atom stereocenters. The van der Waals surface area contributed by atoms with Gasteiger partial charge in [-0.2, -0.15) is 11.8 Å². The van der Waals surface area contributed by atoms with Crippen LogP contribution in [0.5, 0.6) is 5.75 Å². The molecule has 2 fully saturated rings. The molecule has 0 aromatic heterocycles. The normalized spacial score (nSPS) is 24.7. The molecular weight excluding hydrogens is 291 g/mol. The van der Waals surface area contributed by atoms with Crippen LogP contribution in [-0.4, -0.2) is 36.1 Å². The average Bonchev–Trinajstić information content (AvgIpc) is 2.47. The molecule has 0 N–H and O–H groups in total. The van der Waals surface area contributed by atoms with E-state index in [0.717, 1.165) is 37.2 Å². The van der Waals surface area contributed by atoms with Gasteiger partial charge in [-0.25, -0.2) is 4.39 Å². The van der Waals surface area contributed by atoms with E-state index in [9.17, 15) is 9.18 Å². The third-order valence-corrected chi connectivity index (χ3v) is 5.17. The Morgan fingerprint density at radius 3 is 2.90 bits per heavy atom. The van der Waals surface area contributed by atoms with Crippen molar-refractivity contribution in [2.24, 2.45) is 0 Å². The lowest BCUT2D eigenvalue weighted by molar-refractivity contribution is -0.116. The molecule has 0 saturated carbocycles. The third-order valence-electron chi connectivity index (χ3n) is 4.18. The molecule has 1 atom stereocenters. The van der Waals surface area contributed by atoms with Gasteiger partial charge in [0.2, 0.25) is 0 Å². The minimum absolute atomic E-state index is 0.0307. The SMILES string of the molecule is O=Cc1cc(F)cc(OC2CCOC3(CCSCC3)C2)c1. The Balaban J connectivity index is 1.69. The van der Waals surface area contributed by atoms with Crippen molar-refractivity contribution in [3.63, 3.8) is 0 Å². The lowest BCUT2D eigenvalue weighted by Crippen LogP contribution is -2.46. The van der Waals surface area contributed by atoms with Crippen LogP contribution in [0.4, 0.5) is 4.39 Å². The molecule has 0 radical (unpaired) electrons. The second-order valence-corrected chi connectivity index (χ2v) is 6.94. The van der Waals surface area contributed by atoms with Gasteiger partial charge >= 0.3 is 0 Å². The summed E-state index contributed by atoms with van der Waals surface area (Å²) in [5, 5.41) is 0. The lowest BCUT2D eigenvalue weighted by Gasteiger charge is -2.43. The van der Waals surface area contributed by atoms with Gasteiger partial charge in [0.25, 0.3) is 0 Å². The van der Waals surface area contributed by atoms with Crippen LogP contribution in [0, 0.1) is 5.82 Å². The van der Waals surface area contributed by atoms with Crippen LogP contribution in [0.25, 0.3) is 0 Å². The number of hydrogen-bond acceptors (Lipinski definition) is 4. The van der Waals surface area contributed by atoms with Gasteiger partial charge in [0.1, 0.15) is 24.0 Å². The summed E-state index contributed by atoms with van der Waals surface area (Å²) in [7, 11) is 0. The van der Waals surface area contributed by atoms with Crippen molar-refractivity contribution < 1.29 is 18.7 Å². The monoisotopic (exact) mass is 310 g/mol. The highest BCUT2D eigenvalue weighted by molar-refractivity contribution is 7.99. The first-order valence-corrected chi connectivity index (χ1v) is 8.49. The summed E-state index contributed by atoms with van der Waals surface area (Å²) in [6, 6.07) is 4.14. The first-order valence-electron chi connectivity index (χ1n) is 7.33. The highest BCUT2D eigenvalue weighted by Gasteiger charge is 2.39. The molecule has 0 bridgehead atoms. The molecule has 5 heteroatoms. The molecule has 1 aromatic carbocycles. The van der Waals surface area contributed by atoms with Crippen molar-refractivity contribution in [3.05, 3.63) is 29.6 Å². The number of carbonyl (C=O) groups excluding carboxylic acids is 1. The van der Waals surface area contributed by atoms with E-state index in [0.29, 0.717) is 24.2 Å². The maximum atomic E-state index is 13.5. The van der Waals surface area contributed by atoms with Crippen molar-refractivity contribution in [1.29, 1.82) is 0 Å². The van der Waals surface area contributed by atoms with Gasteiger partial charge in [0.05, 0.1) is 12.2 Å². The van der Waals surface area contributed by atoms with Crippen LogP contribution in [-0.2, 0) is 4.74 Å². The Morgan fingerprint density at radius 2 is 2.14 bits per heavy atom. The maximum absolute atomic E-state index is 13.5. The van der Waals surface area contributed by atoms with Crippen LogP contribution in [0.15, 0.2) is 18.2 Å². The predicted molar refractivity (Wildman–Crippen MR) is 80.7 cm³/mol. The molecule has 2 aliphatic rings. The van der Waals surface area contributed by atoms with E-state index < -0.39 is 5.82 Å². The fraction of sp³-hybridized carbons (Fsp3) is 0.562. The highest BCUT2D eigenvalue weighted by Crippen LogP contribution is 2.38. The van der Waals surface area contributed by atoms with E-state index in [2.05, 4.69) is 0 Å². The summed E-state index contributed by atoms with van der Waals surface area (Å²) < 4.78 is 25.4. The van der Waals surface area contributed by atoms with Crippen LogP contribution in [0.2, 0.25) is 0 Å². The van der Waals surface area contributed by atoms with E-state index in [4.69, 9.17) is 9.47 Å². The molecule has 3 nitrogen and oxygen atoms in total. The molecule has 114 valence electrons. The third kappa shape index (κ3) is 3.58. The Morgan fingerprint density at radius 1 is 1.33 bits per heavy atom. The number of benzene rings is 1. The molecule has 2 saturated heterocycles. The lowest BCUT2D eigenvalue weighted by atomic mass is 9.86. The van der Waals surface area contributed by atoms with Crippen LogP contribution < -0.4 is 4.74 Å². The second kappa shape index (κ2) is 6.36. The topological polar surface area (TPSA) is 35.5 Å². The summed E-state index contributed by atoms with van der Waals surface area (Å²) in [6.45, 7) is 0.686. The fourth-order valence-corrected chi connectivity index (χ4v) is 4.32. The molecule has 2 heterocycles. The Hall–Kier alpha value is -1.07. The average molecular weight is 310 g/mol. The zero-order valence-corrected chi connectivity index (χ0v) is 12.7. The van der Waals surface area contributed by atoms with Crippen molar-refractivity contribution in [2.75, 3.05) is 18.1 Å². The van der Waals surface area contributed by atoms with Crippen molar-refractivity contribution in [3.8, 4) is 5.75 Å². The van der Waals surface area contributed by atoms with E-state index in [-0.39, 0.29) is 11.7 Å². The number of thioether (sulfide) groups is 1. The second-order valence-electron chi connectivity index (χ2n) is 5.71.